The van der Waals surface area contributed by atoms with Crippen molar-refractivity contribution in [3.05, 3.63) is 12.2 Å². The minimum absolute atomic E-state index is 0.204. The Hall–Kier alpha value is -1.51. The smallest absolute Gasteiger partial charge is 0.460 e. The molecule has 1 N–H and O–H groups in total. The number of alkyl halides is 9. The molecular formula is C10H10F9NO4S. The van der Waals surface area contributed by atoms with Gasteiger partial charge in [0.15, 0.2) is 0 Å². The van der Waals surface area contributed by atoms with E-state index in [2.05, 4.69) is 11.3 Å². The number of carbonyl (C=O) groups excluding carboxylic acids is 1. The van der Waals surface area contributed by atoms with Crippen molar-refractivity contribution in [1.82, 2.24) is 4.72 Å². The van der Waals surface area contributed by atoms with E-state index in [-0.39, 0.29) is 5.57 Å². The molecule has 0 atom stereocenters. The molecule has 0 aromatic carbocycles. The Labute approximate surface area is 134 Å². The van der Waals surface area contributed by atoms with E-state index in [1.807, 2.05) is 0 Å². The normalized spacial score (nSPS) is 14.3. The largest absolute Gasteiger partial charge is 0.461 e. The molecule has 0 saturated heterocycles. The number of nitrogens with one attached hydrogen (secondary N) is 1. The van der Waals surface area contributed by atoms with Gasteiger partial charge in [-0.25, -0.2) is 17.9 Å². The summed E-state index contributed by atoms with van der Waals surface area (Å²) in [5, 5.41) is -6.84. The van der Waals surface area contributed by atoms with Crippen LogP contribution >= 0.6 is 0 Å². The Morgan fingerprint density at radius 3 is 1.80 bits per heavy atom. The lowest BCUT2D eigenvalue weighted by molar-refractivity contribution is -0.382. The van der Waals surface area contributed by atoms with Gasteiger partial charge in [-0.05, 0) is 6.92 Å². The van der Waals surface area contributed by atoms with Crippen LogP contribution < -0.4 is 4.72 Å². The molecule has 15 heteroatoms. The fourth-order valence-electron chi connectivity index (χ4n) is 1.06. The lowest BCUT2D eigenvalue weighted by Crippen LogP contribution is -2.65. The first-order chi connectivity index (χ1) is 10.8. The number of hydrogen-bond donors (Lipinski definition) is 1. The predicted octanol–water partition coefficient (Wildman–Crippen LogP) is 2.45. The third-order valence-corrected chi connectivity index (χ3v) is 3.94. The predicted molar refractivity (Wildman–Crippen MR) is 63.6 cm³/mol. The maximum absolute atomic E-state index is 13.2. The van der Waals surface area contributed by atoms with Crippen molar-refractivity contribution in [2.24, 2.45) is 0 Å². The van der Waals surface area contributed by atoms with Gasteiger partial charge in [-0.1, -0.05) is 6.58 Å². The molecule has 0 aliphatic carbocycles. The van der Waals surface area contributed by atoms with Crippen molar-refractivity contribution in [2.75, 3.05) is 13.2 Å². The van der Waals surface area contributed by atoms with Crippen molar-refractivity contribution in [1.29, 1.82) is 0 Å². The molecule has 5 nitrogen and oxygen atoms in total. The van der Waals surface area contributed by atoms with Gasteiger partial charge in [0.25, 0.3) is 10.0 Å². The number of sulfonamides is 1. The molecule has 0 bridgehead atoms. The van der Waals surface area contributed by atoms with Crippen LogP contribution in [-0.4, -0.2) is 50.8 Å². The molecular weight excluding hydrogens is 401 g/mol. The van der Waals surface area contributed by atoms with Crippen LogP contribution in [0.15, 0.2) is 12.2 Å². The molecule has 0 saturated carbocycles. The van der Waals surface area contributed by atoms with Gasteiger partial charge in [-0.3, -0.25) is 0 Å². The molecule has 0 heterocycles. The Morgan fingerprint density at radius 1 is 1.00 bits per heavy atom. The summed E-state index contributed by atoms with van der Waals surface area (Å²) >= 11 is 0. The topological polar surface area (TPSA) is 72.5 Å². The maximum Gasteiger partial charge on any atom is 0.460 e. The van der Waals surface area contributed by atoms with Gasteiger partial charge in [0.05, 0.1) is 0 Å². The Kier molecular flexibility index (Phi) is 6.59. The average molecular weight is 411 g/mol. The monoisotopic (exact) mass is 411 g/mol. The molecule has 0 rings (SSSR count). The lowest BCUT2D eigenvalue weighted by atomic mass is 10.1. The minimum Gasteiger partial charge on any atom is -0.461 e. The van der Waals surface area contributed by atoms with E-state index in [4.69, 9.17) is 0 Å². The summed E-state index contributed by atoms with van der Waals surface area (Å²) in [4.78, 5) is 10.9. The zero-order valence-corrected chi connectivity index (χ0v) is 12.9. The summed E-state index contributed by atoms with van der Waals surface area (Å²) in [7, 11) is -6.71. The van der Waals surface area contributed by atoms with E-state index in [1.54, 1.807) is 0 Å². The first kappa shape index (κ1) is 23.5. The van der Waals surface area contributed by atoms with Crippen molar-refractivity contribution in [3.63, 3.8) is 0 Å². The van der Waals surface area contributed by atoms with Crippen LogP contribution in [0.1, 0.15) is 6.92 Å². The third kappa shape index (κ3) is 4.37. The van der Waals surface area contributed by atoms with Crippen LogP contribution in [0.4, 0.5) is 39.5 Å². The van der Waals surface area contributed by atoms with Gasteiger partial charge in [-0.15, -0.1) is 0 Å². The summed E-state index contributed by atoms with van der Waals surface area (Å²) in [5.41, 5.74) is -0.204. The van der Waals surface area contributed by atoms with Gasteiger partial charge < -0.3 is 4.74 Å². The number of hydrogen-bond acceptors (Lipinski definition) is 4. The quantitative estimate of drug-likeness (QED) is 0.288. The fourth-order valence-corrected chi connectivity index (χ4v) is 2.06. The van der Waals surface area contributed by atoms with Gasteiger partial charge in [-0.2, -0.15) is 39.5 Å². The second-order valence-corrected chi connectivity index (χ2v) is 6.29. The van der Waals surface area contributed by atoms with E-state index < -0.39 is 52.4 Å². The summed E-state index contributed by atoms with van der Waals surface area (Å²) in [6, 6.07) is 0. The van der Waals surface area contributed by atoms with Gasteiger partial charge in [0.2, 0.25) is 0 Å². The van der Waals surface area contributed by atoms with Crippen molar-refractivity contribution >= 4 is 16.0 Å². The molecule has 148 valence electrons. The number of halogens is 9. The van der Waals surface area contributed by atoms with E-state index in [0.29, 0.717) is 4.72 Å². The average Bonchev–Trinajstić information content (AvgIpc) is 2.41. The van der Waals surface area contributed by atoms with Crippen LogP contribution in [0.3, 0.4) is 0 Å². The SMILES string of the molecule is C=C(C)C(=O)OCCNS(=O)(=O)C(F)(F)C(F)(F)C(F)(F)C(F)(F)F. The number of carbonyl (C=O) groups is 1. The maximum atomic E-state index is 13.2. The molecule has 0 aliphatic heterocycles. The highest BCUT2D eigenvalue weighted by atomic mass is 32.2. The lowest BCUT2D eigenvalue weighted by Gasteiger charge is -2.33. The Balaban J connectivity index is 5.34. The van der Waals surface area contributed by atoms with Crippen LogP contribution in [0, 0.1) is 0 Å². The molecule has 0 aliphatic rings. The summed E-state index contributed by atoms with van der Waals surface area (Å²) in [5.74, 6) is -15.8. The summed E-state index contributed by atoms with van der Waals surface area (Å²) in [6.07, 6.45) is -7.15. The van der Waals surface area contributed by atoms with Gasteiger partial charge in [0.1, 0.15) is 6.61 Å². The van der Waals surface area contributed by atoms with Crippen LogP contribution in [0.5, 0.6) is 0 Å². The second-order valence-electron chi connectivity index (χ2n) is 4.48. The summed E-state index contributed by atoms with van der Waals surface area (Å²) in [6.45, 7) is 1.91. The van der Waals surface area contributed by atoms with Crippen molar-refractivity contribution < 1.29 is 57.5 Å². The number of esters is 1. The molecule has 0 aromatic heterocycles. The van der Waals surface area contributed by atoms with Gasteiger partial charge in [0, 0.05) is 12.1 Å². The van der Waals surface area contributed by atoms with E-state index in [9.17, 15) is 52.7 Å². The van der Waals surface area contributed by atoms with Crippen LogP contribution in [-0.2, 0) is 19.6 Å². The second kappa shape index (κ2) is 7.01. The highest BCUT2D eigenvalue weighted by Gasteiger charge is 2.85. The molecule has 25 heavy (non-hydrogen) atoms. The number of ether oxygens (including phenoxy) is 1. The van der Waals surface area contributed by atoms with Crippen LogP contribution in [0.2, 0.25) is 0 Å². The first-order valence-electron chi connectivity index (χ1n) is 5.85. The van der Waals surface area contributed by atoms with E-state index in [1.165, 1.54) is 0 Å². The number of rotatable bonds is 8. The van der Waals surface area contributed by atoms with Crippen molar-refractivity contribution in [3.8, 4) is 0 Å². The fraction of sp³-hybridized carbons (Fsp3) is 0.700. The van der Waals surface area contributed by atoms with E-state index in [0.717, 1.165) is 6.92 Å². The molecule has 0 amide bonds. The Morgan fingerprint density at radius 2 is 1.44 bits per heavy atom. The molecule has 0 radical (unpaired) electrons. The van der Waals surface area contributed by atoms with Crippen molar-refractivity contribution in [2.45, 2.75) is 30.2 Å². The van der Waals surface area contributed by atoms with Crippen LogP contribution in [0.25, 0.3) is 0 Å². The minimum atomic E-state index is -7.34. The molecule has 0 spiro atoms. The first-order valence-corrected chi connectivity index (χ1v) is 7.33. The Bertz CT molecular complexity index is 627. The standard InChI is InChI=1S/C10H10F9NO4S/c1-5(2)6(21)24-4-3-20-25(22,23)10(18,19)8(13,14)7(11,12)9(15,16)17/h20H,1,3-4H2,2H3. The highest BCUT2D eigenvalue weighted by Crippen LogP contribution is 2.54. The highest BCUT2D eigenvalue weighted by molar-refractivity contribution is 7.90. The third-order valence-electron chi connectivity index (χ3n) is 2.43. The molecule has 0 fully saturated rings. The molecule has 0 unspecified atom stereocenters. The zero-order valence-electron chi connectivity index (χ0n) is 12.1. The van der Waals surface area contributed by atoms with E-state index >= 15 is 0 Å². The van der Waals surface area contributed by atoms with Gasteiger partial charge >= 0.3 is 29.2 Å². The summed E-state index contributed by atoms with van der Waals surface area (Å²) < 4.78 is 140. The molecule has 0 aromatic rings. The zero-order chi connectivity index (χ0) is 20.5.